The van der Waals surface area contributed by atoms with E-state index in [4.69, 9.17) is 21.1 Å². The highest BCUT2D eigenvalue weighted by atomic mass is 35.5. The number of amides is 1. The average Bonchev–Trinajstić information content (AvgIpc) is 3.16. The number of aromatic carboxylic acids is 1. The molecule has 0 bridgehead atoms. The Morgan fingerprint density at radius 2 is 2.10 bits per heavy atom. The number of carbonyl (C=O) groups excluding carboxylic acids is 1. The summed E-state index contributed by atoms with van der Waals surface area (Å²) in [6.45, 7) is 0.185. The van der Waals surface area contributed by atoms with Crippen molar-refractivity contribution in [2.75, 3.05) is 11.9 Å². The predicted molar refractivity (Wildman–Crippen MR) is 100 cm³/mol. The van der Waals surface area contributed by atoms with Gasteiger partial charge in [0.2, 0.25) is 11.7 Å². The Morgan fingerprint density at radius 1 is 1.35 bits per heavy atom. The molecule has 2 aromatic heterocycles. The van der Waals surface area contributed by atoms with Gasteiger partial charge in [0.05, 0.1) is 16.6 Å². The minimum atomic E-state index is -3.84. The summed E-state index contributed by atoms with van der Waals surface area (Å²) in [7, 11) is 1.35. The number of halogens is 3. The minimum absolute atomic E-state index is 0.0963. The highest BCUT2D eigenvalue weighted by Gasteiger charge is 2.40. The Kier molecular flexibility index (Phi) is 4.90. The van der Waals surface area contributed by atoms with Gasteiger partial charge in [0, 0.05) is 13.1 Å². The molecule has 0 atom stereocenters. The van der Waals surface area contributed by atoms with Gasteiger partial charge in [-0.1, -0.05) is 17.7 Å². The third-order valence-corrected chi connectivity index (χ3v) is 4.66. The van der Waals surface area contributed by atoms with Gasteiger partial charge in [-0.3, -0.25) is 14.3 Å². The highest BCUT2D eigenvalue weighted by Crippen LogP contribution is 2.39. The predicted octanol–water partition coefficient (Wildman–Crippen LogP) is 2.47. The lowest BCUT2D eigenvalue weighted by Gasteiger charge is -2.28. The Morgan fingerprint density at radius 3 is 2.81 bits per heavy atom. The summed E-state index contributed by atoms with van der Waals surface area (Å²) in [4.78, 5) is 37.5. The van der Waals surface area contributed by atoms with Crippen LogP contribution in [0.4, 0.5) is 14.5 Å². The van der Waals surface area contributed by atoms with Gasteiger partial charge in [-0.2, -0.15) is 5.10 Å². The molecule has 1 aliphatic heterocycles. The number of rotatable bonds is 4. The number of aromatic nitrogens is 2. The quantitative estimate of drug-likeness (QED) is 0.637. The third kappa shape index (κ3) is 3.70. The summed E-state index contributed by atoms with van der Waals surface area (Å²) in [5.41, 5.74) is -0.748. The molecule has 13 heteroatoms. The topological polar surface area (TPSA) is 124 Å². The van der Waals surface area contributed by atoms with Crippen LogP contribution in [-0.4, -0.2) is 40.1 Å². The van der Waals surface area contributed by atoms with Gasteiger partial charge < -0.3 is 19.2 Å². The molecule has 3 heterocycles. The van der Waals surface area contributed by atoms with Gasteiger partial charge >= 0.3 is 12.3 Å². The average molecular weight is 455 g/mol. The Hall–Kier alpha value is -3.51. The summed E-state index contributed by atoms with van der Waals surface area (Å²) >= 11 is 5.96. The summed E-state index contributed by atoms with van der Waals surface area (Å²) in [5.74, 6) is -2.78. The monoisotopic (exact) mass is 454 g/mol. The molecule has 161 valence electrons. The van der Waals surface area contributed by atoms with Gasteiger partial charge in [0.15, 0.2) is 10.7 Å². The van der Waals surface area contributed by atoms with E-state index in [1.807, 2.05) is 0 Å². The summed E-state index contributed by atoms with van der Waals surface area (Å²) < 4.78 is 40.9. The first kappa shape index (κ1) is 20.8. The minimum Gasteiger partial charge on any atom is -0.475 e. The second-order valence-corrected chi connectivity index (χ2v) is 6.71. The molecule has 1 radical (unpaired) electrons. The number of carboxylic acids is 1. The number of carbonyl (C=O) groups is 2. The maximum Gasteiger partial charge on any atom is 0.535 e. The highest BCUT2D eigenvalue weighted by molar-refractivity contribution is 6.33. The molecular formula is C18H11ClF2N3O7. The lowest BCUT2D eigenvalue weighted by atomic mass is 10.1. The smallest absolute Gasteiger partial charge is 0.475 e. The maximum atomic E-state index is 13.3. The summed E-state index contributed by atoms with van der Waals surface area (Å²) in [5, 5.41) is 12.3. The Bertz CT molecular complexity index is 1290. The van der Waals surface area contributed by atoms with Crippen molar-refractivity contribution in [1.29, 1.82) is 0 Å². The van der Waals surface area contributed by atoms with Crippen LogP contribution >= 0.6 is 11.6 Å². The fourth-order valence-corrected chi connectivity index (χ4v) is 3.16. The molecule has 1 aromatic carbocycles. The molecule has 0 unspecified atom stereocenters. The number of hydrogen-bond donors (Lipinski definition) is 1. The molecular weight excluding hydrogens is 444 g/mol. The molecule has 1 aliphatic rings. The molecule has 31 heavy (non-hydrogen) atoms. The number of nitrogens with zero attached hydrogens (tertiary/aromatic N) is 3. The molecule has 4 rings (SSSR count). The van der Waals surface area contributed by atoms with Crippen molar-refractivity contribution >= 4 is 40.1 Å². The zero-order chi connectivity index (χ0) is 22.5. The van der Waals surface area contributed by atoms with Gasteiger partial charge in [0.25, 0.3) is 5.56 Å². The molecule has 0 saturated carbocycles. The molecule has 3 aromatic rings. The SMILES string of the molecule is CN(C(=O)Cn1nc(Cl)c2oc(C(=O)O)cc2c1=O)c1cccc2c1[CH]OC(F)(F)O2. The van der Waals surface area contributed by atoms with Crippen LogP contribution in [0.3, 0.4) is 0 Å². The fraction of sp³-hybridized carbons (Fsp3) is 0.167. The van der Waals surface area contributed by atoms with Crippen molar-refractivity contribution in [2.45, 2.75) is 12.8 Å². The zero-order valence-electron chi connectivity index (χ0n) is 15.5. The van der Waals surface area contributed by atoms with Crippen LogP contribution in [-0.2, 0) is 16.1 Å². The van der Waals surface area contributed by atoms with Crippen LogP contribution < -0.4 is 15.2 Å². The number of fused-ring (bicyclic) bond motifs is 2. The van der Waals surface area contributed by atoms with Crippen molar-refractivity contribution in [1.82, 2.24) is 9.78 Å². The molecule has 0 spiro atoms. The first-order chi connectivity index (χ1) is 14.6. The largest absolute Gasteiger partial charge is 0.535 e. The number of likely N-dealkylation sites (N-methyl/N-ethyl adjacent to an activating group) is 1. The molecule has 10 nitrogen and oxygen atoms in total. The van der Waals surface area contributed by atoms with Crippen LogP contribution in [0, 0.1) is 6.61 Å². The van der Waals surface area contributed by atoms with E-state index in [-0.39, 0.29) is 33.1 Å². The lowest BCUT2D eigenvalue weighted by Crippen LogP contribution is -2.37. The second-order valence-electron chi connectivity index (χ2n) is 6.36. The summed E-state index contributed by atoms with van der Waals surface area (Å²) in [6.07, 6.45) is -3.84. The number of benzene rings is 1. The summed E-state index contributed by atoms with van der Waals surface area (Å²) in [6, 6.07) is 5.13. The van der Waals surface area contributed by atoms with Crippen molar-refractivity contribution in [3.05, 3.63) is 57.7 Å². The van der Waals surface area contributed by atoms with Crippen LogP contribution in [0.5, 0.6) is 5.75 Å². The van der Waals surface area contributed by atoms with Gasteiger partial charge in [-0.25, -0.2) is 9.48 Å². The van der Waals surface area contributed by atoms with E-state index in [1.54, 1.807) is 0 Å². The van der Waals surface area contributed by atoms with Crippen molar-refractivity contribution in [2.24, 2.45) is 0 Å². The standard InChI is InChI=1S/C18H11ClF2N3O7/c1-23(10-3-2-4-11-9(10)7-29-18(20,21)31-11)13(25)6-24-16(26)8-5-12(17(27)28)30-14(8)15(19)22-24/h2-5,7H,6H2,1H3,(H,27,28). The maximum absolute atomic E-state index is 13.3. The van der Waals surface area contributed by atoms with E-state index in [2.05, 4.69) is 14.6 Å². The zero-order valence-corrected chi connectivity index (χ0v) is 16.2. The van der Waals surface area contributed by atoms with Crippen LogP contribution in [0.25, 0.3) is 11.0 Å². The van der Waals surface area contributed by atoms with E-state index in [1.165, 1.54) is 25.2 Å². The lowest BCUT2D eigenvalue weighted by molar-refractivity contribution is -0.344. The number of ether oxygens (including phenoxy) is 2. The van der Waals surface area contributed by atoms with Crippen LogP contribution in [0.1, 0.15) is 16.1 Å². The van der Waals surface area contributed by atoms with Gasteiger partial charge in [-0.05, 0) is 12.1 Å². The van der Waals surface area contributed by atoms with Crippen LogP contribution in [0.15, 0.2) is 33.5 Å². The van der Waals surface area contributed by atoms with E-state index in [0.717, 1.165) is 22.3 Å². The Labute approximate surface area is 176 Å². The normalized spacial score (nSPS) is 14.7. The third-order valence-electron chi connectivity index (χ3n) is 4.41. The van der Waals surface area contributed by atoms with E-state index < -0.39 is 36.0 Å². The van der Waals surface area contributed by atoms with Crippen LogP contribution in [0.2, 0.25) is 5.15 Å². The molecule has 0 saturated heterocycles. The number of anilines is 1. The fourth-order valence-electron chi connectivity index (χ4n) is 2.93. The molecule has 0 aliphatic carbocycles. The molecule has 1 N–H and O–H groups in total. The van der Waals surface area contributed by atoms with E-state index in [9.17, 15) is 23.2 Å². The van der Waals surface area contributed by atoms with Crippen molar-refractivity contribution in [3.63, 3.8) is 0 Å². The van der Waals surface area contributed by atoms with Crippen molar-refractivity contribution in [3.8, 4) is 5.75 Å². The first-order valence-electron chi connectivity index (χ1n) is 8.48. The first-order valence-corrected chi connectivity index (χ1v) is 8.86. The Balaban J connectivity index is 1.65. The second kappa shape index (κ2) is 7.32. The molecule has 1 amide bonds. The number of hydrogen-bond acceptors (Lipinski definition) is 7. The van der Waals surface area contributed by atoms with Crippen molar-refractivity contribution < 1.29 is 37.4 Å². The number of carboxylic acid groups (broad SMARTS) is 1. The number of furan rings is 1. The number of alkyl halides is 2. The van der Waals surface area contributed by atoms with E-state index >= 15 is 0 Å². The van der Waals surface area contributed by atoms with E-state index in [0.29, 0.717) is 0 Å². The molecule has 0 fully saturated rings. The van der Waals surface area contributed by atoms with Gasteiger partial charge in [0.1, 0.15) is 18.9 Å². The van der Waals surface area contributed by atoms with Gasteiger partial charge in [-0.15, -0.1) is 8.78 Å².